The first-order valence-electron chi connectivity index (χ1n) is 4.69. The Kier molecular flexibility index (Phi) is 2.48. The smallest absolute Gasteiger partial charge is 0.123 e. The first-order valence-corrected chi connectivity index (χ1v) is 4.69. The van der Waals surface area contributed by atoms with Crippen molar-refractivity contribution in [1.82, 2.24) is 0 Å². The quantitative estimate of drug-likeness (QED) is 0.692. The average Bonchev–Trinajstić information content (AvgIpc) is 2.99. The van der Waals surface area contributed by atoms with E-state index in [1.807, 2.05) is 12.1 Å². The van der Waals surface area contributed by atoms with Crippen molar-refractivity contribution in [2.24, 2.45) is 0 Å². The molecule has 1 nitrogen and oxygen atoms in total. The number of benzene rings is 1. The van der Waals surface area contributed by atoms with E-state index in [1.54, 1.807) is 0 Å². The molecule has 0 unspecified atom stereocenters. The van der Waals surface area contributed by atoms with Gasteiger partial charge in [-0.2, -0.15) is 0 Å². The third-order valence-corrected chi connectivity index (χ3v) is 2.27. The number of hydrogen-bond donors (Lipinski definition) is 0. The van der Waals surface area contributed by atoms with Crippen molar-refractivity contribution in [3.63, 3.8) is 0 Å². The monoisotopic (exact) mass is 180 g/mol. The number of hydrogen-bond acceptors (Lipinski definition) is 1. The fourth-order valence-electron chi connectivity index (χ4n) is 1.41. The molecule has 1 saturated carbocycles. The summed E-state index contributed by atoms with van der Waals surface area (Å²) in [4.78, 5) is 0. The van der Waals surface area contributed by atoms with Crippen molar-refractivity contribution in [2.45, 2.75) is 18.8 Å². The molecule has 1 aliphatic carbocycles. The maximum absolute atomic E-state index is 11.8. The van der Waals surface area contributed by atoms with Gasteiger partial charge in [0, 0.05) is 0 Å². The Hall–Kier alpha value is -1.05. The van der Waals surface area contributed by atoms with Crippen molar-refractivity contribution in [1.29, 1.82) is 0 Å². The molecule has 0 saturated heterocycles. The van der Waals surface area contributed by atoms with Crippen LogP contribution in [0.2, 0.25) is 0 Å². The molecular formula is C11H13FO. The minimum atomic E-state index is -0.426. The fourth-order valence-corrected chi connectivity index (χ4v) is 1.41. The van der Waals surface area contributed by atoms with Crippen LogP contribution in [-0.2, 0) is 0 Å². The minimum absolute atomic E-state index is 0.156. The van der Waals surface area contributed by atoms with Crippen LogP contribution in [0.5, 0.6) is 5.75 Å². The van der Waals surface area contributed by atoms with Gasteiger partial charge in [-0.25, -0.2) is 4.39 Å². The maximum atomic E-state index is 11.8. The number of ether oxygens (including phenoxy) is 1. The van der Waals surface area contributed by atoms with Crippen LogP contribution < -0.4 is 4.74 Å². The Morgan fingerprint density at radius 3 is 2.46 bits per heavy atom. The lowest BCUT2D eigenvalue weighted by Gasteiger charge is -2.04. The van der Waals surface area contributed by atoms with E-state index in [4.69, 9.17) is 4.74 Å². The molecule has 0 N–H and O–H groups in total. The second-order valence-electron chi connectivity index (χ2n) is 3.38. The van der Waals surface area contributed by atoms with Gasteiger partial charge >= 0.3 is 0 Å². The van der Waals surface area contributed by atoms with Gasteiger partial charge in [0.25, 0.3) is 0 Å². The maximum Gasteiger partial charge on any atom is 0.123 e. The lowest BCUT2D eigenvalue weighted by molar-refractivity contribution is 0.273. The molecule has 1 aromatic carbocycles. The second-order valence-corrected chi connectivity index (χ2v) is 3.38. The molecule has 0 amide bonds. The van der Waals surface area contributed by atoms with Crippen molar-refractivity contribution in [3.8, 4) is 5.75 Å². The molecule has 0 atom stereocenters. The summed E-state index contributed by atoms with van der Waals surface area (Å²) in [6, 6.07) is 7.99. The zero-order chi connectivity index (χ0) is 9.10. The van der Waals surface area contributed by atoms with Crippen LogP contribution >= 0.6 is 0 Å². The molecule has 2 heteroatoms. The molecule has 70 valence electrons. The molecule has 1 fully saturated rings. The van der Waals surface area contributed by atoms with Gasteiger partial charge in [-0.15, -0.1) is 0 Å². The van der Waals surface area contributed by atoms with E-state index in [1.165, 1.54) is 18.4 Å². The summed E-state index contributed by atoms with van der Waals surface area (Å²) < 4.78 is 16.9. The molecule has 0 spiro atoms. The Balaban J connectivity index is 1.96. The van der Waals surface area contributed by atoms with Crippen LogP contribution in [0.1, 0.15) is 24.3 Å². The van der Waals surface area contributed by atoms with Crippen molar-refractivity contribution in [2.75, 3.05) is 13.3 Å². The summed E-state index contributed by atoms with van der Waals surface area (Å²) >= 11 is 0. The minimum Gasteiger partial charge on any atom is -0.491 e. The standard InChI is InChI=1S/C11H13FO/c12-7-8-13-11-5-3-10(4-6-11)9-1-2-9/h3-6,9H,1-2,7-8H2. The topological polar surface area (TPSA) is 9.23 Å². The van der Waals surface area contributed by atoms with Gasteiger partial charge in [0.1, 0.15) is 19.0 Å². The first-order chi connectivity index (χ1) is 6.40. The van der Waals surface area contributed by atoms with Gasteiger partial charge in [-0.3, -0.25) is 0 Å². The van der Waals surface area contributed by atoms with Crippen molar-refractivity contribution < 1.29 is 9.13 Å². The number of rotatable bonds is 4. The highest BCUT2D eigenvalue weighted by Crippen LogP contribution is 2.40. The Labute approximate surface area is 77.5 Å². The SMILES string of the molecule is FCCOc1ccc(C2CC2)cc1. The highest BCUT2D eigenvalue weighted by atomic mass is 19.1. The zero-order valence-electron chi connectivity index (χ0n) is 7.50. The van der Waals surface area contributed by atoms with Gasteiger partial charge in [-0.1, -0.05) is 12.1 Å². The van der Waals surface area contributed by atoms with E-state index in [2.05, 4.69) is 12.1 Å². The Bertz CT molecular complexity index is 264. The molecule has 0 radical (unpaired) electrons. The van der Waals surface area contributed by atoms with Gasteiger partial charge in [0.05, 0.1) is 0 Å². The normalized spacial score (nSPS) is 15.8. The van der Waals surface area contributed by atoms with Crippen LogP contribution in [0.3, 0.4) is 0 Å². The van der Waals surface area contributed by atoms with E-state index in [0.29, 0.717) is 0 Å². The van der Waals surface area contributed by atoms with Crippen LogP contribution in [0.4, 0.5) is 4.39 Å². The van der Waals surface area contributed by atoms with E-state index in [-0.39, 0.29) is 6.61 Å². The molecule has 2 rings (SSSR count). The van der Waals surface area contributed by atoms with E-state index in [0.717, 1.165) is 11.7 Å². The largest absolute Gasteiger partial charge is 0.491 e. The predicted octanol–water partition coefficient (Wildman–Crippen LogP) is 2.91. The molecule has 1 aromatic rings. The van der Waals surface area contributed by atoms with Crippen LogP contribution in [0.25, 0.3) is 0 Å². The number of halogens is 1. The highest BCUT2D eigenvalue weighted by molar-refractivity contribution is 5.31. The van der Waals surface area contributed by atoms with Gasteiger partial charge in [-0.05, 0) is 36.5 Å². The van der Waals surface area contributed by atoms with Crippen LogP contribution in [-0.4, -0.2) is 13.3 Å². The Morgan fingerprint density at radius 1 is 1.23 bits per heavy atom. The summed E-state index contributed by atoms with van der Waals surface area (Å²) in [5.41, 5.74) is 1.38. The van der Waals surface area contributed by atoms with Gasteiger partial charge < -0.3 is 4.74 Å². The van der Waals surface area contributed by atoms with E-state index >= 15 is 0 Å². The summed E-state index contributed by atoms with van der Waals surface area (Å²) in [7, 11) is 0. The lowest BCUT2D eigenvalue weighted by Crippen LogP contribution is -1.98. The summed E-state index contributed by atoms with van der Waals surface area (Å²) in [5.74, 6) is 1.54. The third kappa shape index (κ3) is 2.20. The molecule has 1 aliphatic rings. The summed E-state index contributed by atoms with van der Waals surface area (Å²) in [5, 5.41) is 0. The molecule has 0 aliphatic heterocycles. The average molecular weight is 180 g/mol. The zero-order valence-corrected chi connectivity index (χ0v) is 7.50. The Morgan fingerprint density at radius 2 is 1.92 bits per heavy atom. The van der Waals surface area contributed by atoms with Gasteiger partial charge in [0.15, 0.2) is 0 Å². The third-order valence-electron chi connectivity index (χ3n) is 2.27. The molecule has 0 heterocycles. The van der Waals surface area contributed by atoms with E-state index in [9.17, 15) is 4.39 Å². The fraction of sp³-hybridized carbons (Fsp3) is 0.455. The van der Waals surface area contributed by atoms with Crippen molar-refractivity contribution >= 4 is 0 Å². The van der Waals surface area contributed by atoms with E-state index < -0.39 is 6.67 Å². The molecular weight excluding hydrogens is 167 g/mol. The first kappa shape index (κ1) is 8.54. The van der Waals surface area contributed by atoms with Crippen molar-refractivity contribution in [3.05, 3.63) is 29.8 Å². The van der Waals surface area contributed by atoms with Gasteiger partial charge in [0.2, 0.25) is 0 Å². The number of alkyl halides is 1. The summed E-state index contributed by atoms with van der Waals surface area (Å²) in [6.07, 6.45) is 2.62. The molecule has 13 heavy (non-hydrogen) atoms. The van der Waals surface area contributed by atoms with Crippen LogP contribution in [0, 0.1) is 0 Å². The highest BCUT2D eigenvalue weighted by Gasteiger charge is 2.22. The molecule has 0 aromatic heterocycles. The second kappa shape index (κ2) is 3.77. The predicted molar refractivity (Wildman–Crippen MR) is 49.9 cm³/mol. The summed E-state index contributed by atoms with van der Waals surface area (Å²) in [6.45, 7) is -0.271. The lowest BCUT2D eigenvalue weighted by atomic mass is 10.1. The molecule has 0 bridgehead atoms. The van der Waals surface area contributed by atoms with Crippen LogP contribution in [0.15, 0.2) is 24.3 Å².